The topological polar surface area (TPSA) is 64.6 Å². The quantitative estimate of drug-likeness (QED) is 0.808. The smallest absolute Gasteiger partial charge is 0.211 e. The van der Waals surface area contributed by atoms with Gasteiger partial charge in [-0.3, -0.25) is 0 Å². The highest BCUT2D eigenvalue weighted by Crippen LogP contribution is 2.34. The van der Waals surface area contributed by atoms with E-state index in [-0.39, 0.29) is 11.2 Å². The summed E-state index contributed by atoms with van der Waals surface area (Å²) in [6, 6.07) is 15.4. The number of ether oxygens (including phenoxy) is 2. The van der Waals surface area contributed by atoms with Crippen molar-refractivity contribution in [3.63, 3.8) is 0 Å². The minimum atomic E-state index is -3.34. The molecule has 2 aromatic carbocycles. The van der Waals surface area contributed by atoms with E-state index in [2.05, 4.69) is 4.72 Å². The Morgan fingerprint density at radius 3 is 2.42 bits per heavy atom. The average molecular weight is 375 g/mol. The minimum Gasteiger partial charge on any atom is -0.486 e. The molecule has 6 heteroatoms. The fraction of sp³-hybridized carbons (Fsp3) is 0.400. The lowest BCUT2D eigenvalue weighted by molar-refractivity contribution is 0.171. The summed E-state index contributed by atoms with van der Waals surface area (Å²) in [6.07, 6.45) is 0.501. The number of sulfonamides is 1. The van der Waals surface area contributed by atoms with E-state index in [9.17, 15) is 8.42 Å². The fourth-order valence-corrected chi connectivity index (χ4v) is 4.06. The van der Waals surface area contributed by atoms with Gasteiger partial charge in [0.2, 0.25) is 10.0 Å². The van der Waals surface area contributed by atoms with Crippen LogP contribution in [0.4, 0.5) is 0 Å². The van der Waals surface area contributed by atoms with Gasteiger partial charge in [-0.05, 0) is 29.7 Å². The van der Waals surface area contributed by atoms with Crippen molar-refractivity contribution < 1.29 is 17.9 Å². The number of nitrogens with one attached hydrogen (secondary N) is 1. The summed E-state index contributed by atoms with van der Waals surface area (Å²) < 4.78 is 38.6. The van der Waals surface area contributed by atoms with Crippen molar-refractivity contribution in [1.29, 1.82) is 0 Å². The van der Waals surface area contributed by atoms with Gasteiger partial charge >= 0.3 is 0 Å². The number of hydrogen-bond donors (Lipinski definition) is 1. The predicted molar refractivity (Wildman–Crippen MR) is 102 cm³/mol. The minimum absolute atomic E-state index is 0.0776. The average Bonchev–Trinajstić information content (AvgIpc) is 2.66. The molecule has 1 aliphatic heterocycles. The van der Waals surface area contributed by atoms with Crippen LogP contribution in [0.1, 0.15) is 25.0 Å². The molecule has 1 aliphatic rings. The number of hydrogen-bond acceptors (Lipinski definition) is 4. The van der Waals surface area contributed by atoms with E-state index in [4.69, 9.17) is 9.47 Å². The molecular weight excluding hydrogens is 350 g/mol. The van der Waals surface area contributed by atoms with Crippen molar-refractivity contribution >= 4 is 10.0 Å². The summed E-state index contributed by atoms with van der Waals surface area (Å²) in [5.74, 6) is 1.53. The highest BCUT2D eigenvalue weighted by atomic mass is 32.2. The Morgan fingerprint density at radius 2 is 1.69 bits per heavy atom. The van der Waals surface area contributed by atoms with Gasteiger partial charge in [0.1, 0.15) is 13.2 Å². The summed E-state index contributed by atoms with van der Waals surface area (Å²) >= 11 is 0. The molecule has 0 atom stereocenters. The lowest BCUT2D eigenvalue weighted by atomic mass is 9.84. The zero-order valence-electron chi connectivity index (χ0n) is 15.2. The monoisotopic (exact) mass is 375 g/mol. The number of fused-ring (bicyclic) bond motifs is 1. The van der Waals surface area contributed by atoms with Crippen LogP contribution in [0.25, 0.3) is 0 Å². The maximum atomic E-state index is 12.4. The third kappa shape index (κ3) is 4.77. The van der Waals surface area contributed by atoms with Crippen molar-refractivity contribution in [2.24, 2.45) is 0 Å². The number of rotatable bonds is 7. The molecule has 26 heavy (non-hydrogen) atoms. The first-order valence-electron chi connectivity index (χ1n) is 8.77. The molecule has 0 spiro atoms. The Balaban J connectivity index is 1.62. The molecule has 3 rings (SSSR count). The maximum absolute atomic E-state index is 12.4. The van der Waals surface area contributed by atoms with Crippen molar-refractivity contribution in [3.05, 3.63) is 59.7 Å². The Kier molecular flexibility index (Phi) is 5.53. The first kappa shape index (κ1) is 18.7. The van der Waals surface area contributed by atoms with E-state index in [1.165, 1.54) is 0 Å². The molecule has 0 aliphatic carbocycles. The normalized spacial score (nSPS) is 14.2. The molecule has 0 fully saturated rings. The second-order valence-corrected chi connectivity index (χ2v) is 9.04. The van der Waals surface area contributed by atoms with E-state index in [0.29, 0.717) is 31.9 Å². The third-order valence-electron chi connectivity index (χ3n) is 4.56. The molecule has 1 heterocycles. The van der Waals surface area contributed by atoms with Gasteiger partial charge < -0.3 is 9.47 Å². The lowest BCUT2D eigenvalue weighted by Crippen LogP contribution is -2.38. The van der Waals surface area contributed by atoms with Crippen LogP contribution in [0.5, 0.6) is 11.5 Å². The molecule has 0 bridgehead atoms. The predicted octanol–water partition coefficient (Wildman–Crippen LogP) is 2.90. The number of benzene rings is 2. The molecule has 0 saturated heterocycles. The molecular formula is C20H25NO4S. The molecule has 1 N–H and O–H groups in total. The highest BCUT2D eigenvalue weighted by Gasteiger charge is 2.25. The van der Waals surface area contributed by atoms with Gasteiger partial charge in [-0.15, -0.1) is 0 Å². The van der Waals surface area contributed by atoms with Gasteiger partial charge in [0, 0.05) is 12.0 Å². The Morgan fingerprint density at radius 1 is 1.00 bits per heavy atom. The van der Waals surface area contributed by atoms with Crippen molar-refractivity contribution in [2.75, 3.05) is 25.5 Å². The van der Waals surface area contributed by atoms with Gasteiger partial charge in [-0.1, -0.05) is 50.2 Å². The Labute approximate surface area is 155 Å². The summed E-state index contributed by atoms with van der Waals surface area (Å²) in [5, 5.41) is 0. The van der Waals surface area contributed by atoms with Crippen LogP contribution >= 0.6 is 0 Å². The molecule has 0 radical (unpaired) electrons. The molecule has 140 valence electrons. The summed E-state index contributed by atoms with van der Waals surface area (Å²) in [4.78, 5) is 0. The molecule has 0 amide bonds. The second kappa shape index (κ2) is 7.68. The van der Waals surface area contributed by atoms with Crippen LogP contribution in [-0.4, -0.2) is 33.9 Å². The van der Waals surface area contributed by atoms with E-state index in [0.717, 1.165) is 16.9 Å². The first-order valence-corrected chi connectivity index (χ1v) is 10.4. The van der Waals surface area contributed by atoms with E-state index < -0.39 is 10.0 Å². The molecule has 0 unspecified atom stereocenters. The van der Waals surface area contributed by atoms with Crippen LogP contribution in [-0.2, 0) is 21.9 Å². The SMILES string of the molecule is CC(C)(CNS(=O)(=O)CCc1ccccc1)c1ccc2c(c1)OCCO2. The maximum Gasteiger partial charge on any atom is 0.211 e. The van der Waals surface area contributed by atoms with Gasteiger partial charge in [0.25, 0.3) is 0 Å². The van der Waals surface area contributed by atoms with E-state index in [1.54, 1.807) is 0 Å². The fourth-order valence-electron chi connectivity index (χ4n) is 2.83. The van der Waals surface area contributed by atoms with Crippen LogP contribution in [0.3, 0.4) is 0 Å². The zero-order valence-corrected chi connectivity index (χ0v) is 16.0. The van der Waals surface area contributed by atoms with Crippen molar-refractivity contribution in [3.8, 4) is 11.5 Å². The standard InChI is InChI=1S/C20H25NO4S/c1-20(2,17-8-9-18-19(14-17)25-12-11-24-18)15-21-26(22,23)13-10-16-6-4-3-5-7-16/h3-9,14,21H,10-13,15H2,1-2H3. The van der Waals surface area contributed by atoms with Gasteiger partial charge in [-0.2, -0.15) is 0 Å². The van der Waals surface area contributed by atoms with Crippen LogP contribution in [0, 0.1) is 0 Å². The number of aryl methyl sites for hydroxylation is 1. The van der Waals surface area contributed by atoms with Crippen molar-refractivity contribution in [2.45, 2.75) is 25.7 Å². The molecule has 0 aromatic heterocycles. The molecule has 0 saturated carbocycles. The van der Waals surface area contributed by atoms with Crippen LogP contribution < -0.4 is 14.2 Å². The first-order chi connectivity index (χ1) is 12.4. The van der Waals surface area contributed by atoms with Crippen LogP contribution in [0.15, 0.2) is 48.5 Å². The highest BCUT2D eigenvalue weighted by molar-refractivity contribution is 7.89. The largest absolute Gasteiger partial charge is 0.486 e. The third-order valence-corrected chi connectivity index (χ3v) is 5.89. The van der Waals surface area contributed by atoms with Crippen molar-refractivity contribution in [1.82, 2.24) is 4.72 Å². The molecule has 5 nitrogen and oxygen atoms in total. The van der Waals surface area contributed by atoms with E-state index >= 15 is 0 Å². The van der Waals surface area contributed by atoms with E-state index in [1.807, 2.05) is 62.4 Å². The van der Waals surface area contributed by atoms with Gasteiger partial charge in [0.15, 0.2) is 11.5 Å². The van der Waals surface area contributed by atoms with Gasteiger partial charge in [0.05, 0.1) is 5.75 Å². The second-order valence-electron chi connectivity index (χ2n) is 7.12. The summed E-state index contributed by atoms with van der Waals surface area (Å²) in [7, 11) is -3.34. The zero-order chi connectivity index (χ0) is 18.6. The Hall–Kier alpha value is -2.05. The van der Waals surface area contributed by atoms with Crippen LogP contribution in [0.2, 0.25) is 0 Å². The van der Waals surface area contributed by atoms with Gasteiger partial charge in [-0.25, -0.2) is 13.1 Å². The summed E-state index contributed by atoms with van der Waals surface area (Å²) in [5.41, 5.74) is 1.66. The lowest BCUT2D eigenvalue weighted by Gasteiger charge is -2.27. The Bertz CT molecular complexity index is 847. The molecule has 2 aromatic rings. The summed E-state index contributed by atoms with van der Waals surface area (Å²) in [6.45, 7) is 5.43.